The first-order valence-corrected chi connectivity index (χ1v) is 12.1. The van der Waals surface area contributed by atoms with Gasteiger partial charge < -0.3 is 15.4 Å². The smallest absolute Gasteiger partial charge is 0.226 e. The Labute approximate surface area is 212 Å². The minimum absolute atomic E-state index is 0.0829. The molecule has 4 aromatic rings. The average molecular weight is 514 g/mol. The molecule has 1 aliphatic heterocycles. The van der Waals surface area contributed by atoms with Gasteiger partial charge in [0.2, 0.25) is 5.28 Å². The fourth-order valence-corrected chi connectivity index (χ4v) is 4.78. The Morgan fingerprint density at radius 1 is 0.944 bits per heavy atom. The fourth-order valence-electron chi connectivity index (χ4n) is 4.62. The molecule has 1 unspecified atom stereocenters. The van der Waals surface area contributed by atoms with Gasteiger partial charge in [0.15, 0.2) is 11.5 Å². The molecule has 0 aliphatic carbocycles. The Hall–Kier alpha value is -3.18. The number of piperazine rings is 1. The van der Waals surface area contributed by atoms with Crippen molar-refractivity contribution in [2.24, 2.45) is 0 Å². The number of hydrogen-bond acceptors (Lipinski definition) is 7. The molecule has 36 heavy (non-hydrogen) atoms. The summed E-state index contributed by atoms with van der Waals surface area (Å²) < 4.78 is 27.1. The average Bonchev–Trinajstić information content (AvgIpc) is 3.35. The summed E-state index contributed by atoms with van der Waals surface area (Å²) in [5, 5.41) is 13.9. The first-order chi connectivity index (χ1) is 17.5. The Balaban J connectivity index is 1.20. The van der Waals surface area contributed by atoms with Crippen molar-refractivity contribution >= 4 is 28.6 Å². The van der Waals surface area contributed by atoms with Gasteiger partial charge in [-0.05, 0) is 47.0 Å². The SMILES string of the molecule is OC(CNc1nc(Cl)nc2nc[nH]c12)CN1CCN(C(c2ccc(F)cc2)c2ccc(F)cc2)CC1. The van der Waals surface area contributed by atoms with Crippen LogP contribution in [-0.2, 0) is 0 Å². The molecule has 0 radical (unpaired) electrons. The van der Waals surface area contributed by atoms with Gasteiger partial charge in [0.25, 0.3) is 0 Å². The van der Waals surface area contributed by atoms with Gasteiger partial charge in [-0.25, -0.2) is 13.8 Å². The van der Waals surface area contributed by atoms with Crippen LogP contribution in [0.25, 0.3) is 11.2 Å². The van der Waals surface area contributed by atoms with E-state index in [9.17, 15) is 13.9 Å². The van der Waals surface area contributed by atoms with Gasteiger partial charge in [-0.1, -0.05) is 24.3 Å². The molecule has 188 valence electrons. The maximum absolute atomic E-state index is 13.6. The summed E-state index contributed by atoms with van der Waals surface area (Å²) in [5.74, 6) is -0.0872. The van der Waals surface area contributed by atoms with E-state index < -0.39 is 6.10 Å². The Morgan fingerprint density at radius 2 is 1.56 bits per heavy atom. The van der Waals surface area contributed by atoms with Gasteiger partial charge >= 0.3 is 0 Å². The summed E-state index contributed by atoms with van der Waals surface area (Å²) in [6.45, 7) is 3.77. The number of β-amino-alcohol motifs (C(OH)–C–C–N with tert-alkyl or cyclic N) is 1. The number of hydrogen-bond donors (Lipinski definition) is 3. The number of aromatic nitrogens is 4. The van der Waals surface area contributed by atoms with E-state index in [0.29, 0.717) is 23.5 Å². The van der Waals surface area contributed by atoms with Crippen molar-refractivity contribution in [2.45, 2.75) is 12.1 Å². The molecule has 0 saturated carbocycles. The monoisotopic (exact) mass is 513 g/mol. The lowest BCUT2D eigenvalue weighted by atomic mass is 9.96. The number of benzene rings is 2. The summed E-state index contributed by atoms with van der Waals surface area (Å²) in [5.41, 5.74) is 3.00. The van der Waals surface area contributed by atoms with E-state index in [1.807, 2.05) is 0 Å². The lowest BCUT2D eigenvalue weighted by Crippen LogP contribution is -2.50. The quantitative estimate of drug-likeness (QED) is 0.311. The van der Waals surface area contributed by atoms with Gasteiger partial charge in [-0.3, -0.25) is 9.80 Å². The highest BCUT2D eigenvalue weighted by Gasteiger charge is 2.27. The van der Waals surface area contributed by atoms with Crippen LogP contribution in [0.15, 0.2) is 54.9 Å². The maximum atomic E-state index is 13.6. The van der Waals surface area contributed by atoms with Gasteiger partial charge in [-0.2, -0.15) is 9.97 Å². The highest BCUT2D eigenvalue weighted by molar-refractivity contribution is 6.28. The topological polar surface area (TPSA) is 93.2 Å². The molecule has 3 heterocycles. The van der Waals surface area contributed by atoms with Gasteiger partial charge in [-0.15, -0.1) is 0 Å². The predicted octanol–water partition coefficient (Wildman–Crippen LogP) is 3.46. The van der Waals surface area contributed by atoms with Crippen molar-refractivity contribution in [1.82, 2.24) is 29.7 Å². The molecule has 8 nitrogen and oxygen atoms in total. The van der Waals surface area contributed by atoms with Gasteiger partial charge in [0.05, 0.1) is 18.5 Å². The minimum Gasteiger partial charge on any atom is -0.390 e. The molecule has 2 aromatic heterocycles. The molecule has 1 aliphatic rings. The van der Waals surface area contributed by atoms with Crippen LogP contribution < -0.4 is 5.32 Å². The van der Waals surface area contributed by atoms with Crippen molar-refractivity contribution in [1.29, 1.82) is 0 Å². The molecule has 1 saturated heterocycles. The van der Waals surface area contributed by atoms with Crippen LogP contribution in [0.4, 0.5) is 14.6 Å². The summed E-state index contributed by atoms with van der Waals surface area (Å²) in [4.78, 5) is 19.8. The number of anilines is 1. The maximum Gasteiger partial charge on any atom is 0.226 e. The van der Waals surface area contributed by atoms with Crippen LogP contribution in [0.2, 0.25) is 5.28 Å². The number of aliphatic hydroxyl groups is 1. The lowest BCUT2D eigenvalue weighted by Gasteiger charge is -2.40. The van der Waals surface area contributed by atoms with E-state index in [-0.39, 0.29) is 29.5 Å². The fraction of sp³-hybridized carbons (Fsp3) is 0.320. The lowest BCUT2D eigenvalue weighted by molar-refractivity contribution is 0.0671. The molecular formula is C25H26ClF2N7O. The van der Waals surface area contributed by atoms with Gasteiger partial charge in [0.1, 0.15) is 17.2 Å². The van der Waals surface area contributed by atoms with Crippen molar-refractivity contribution in [3.05, 3.63) is 82.9 Å². The molecular weight excluding hydrogens is 488 g/mol. The zero-order chi connectivity index (χ0) is 25.1. The third kappa shape index (κ3) is 5.62. The molecule has 1 fully saturated rings. The molecule has 0 bridgehead atoms. The van der Waals surface area contributed by atoms with Crippen LogP contribution in [-0.4, -0.2) is 80.2 Å². The Morgan fingerprint density at radius 3 is 2.17 bits per heavy atom. The molecule has 5 rings (SSSR count). The number of aromatic amines is 1. The molecule has 2 aromatic carbocycles. The number of rotatable bonds is 8. The molecule has 0 amide bonds. The number of nitrogens with one attached hydrogen (secondary N) is 2. The van der Waals surface area contributed by atoms with E-state index in [1.54, 1.807) is 24.3 Å². The summed E-state index contributed by atoms with van der Waals surface area (Å²) >= 11 is 5.97. The highest BCUT2D eigenvalue weighted by atomic mass is 35.5. The standard InChI is InChI=1S/C25H26ClF2N7O/c26-25-32-23(21-24(33-25)31-15-30-21)29-13-20(36)14-34-9-11-35(12-10-34)22(16-1-5-18(27)6-2-16)17-3-7-19(28)8-4-17/h1-8,15,20,22,36H,9-14H2,(H2,29,30,31,32,33). The second kappa shape index (κ2) is 10.8. The van der Waals surface area contributed by atoms with E-state index in [0.717, 1.165) is 37.3 Å². The van der Waals surface area contributed by atoms with E-state index in [4.69, 9.17) is 11.6 Å². The minimum atomic E-state index is -0.631. The second-order valence-electron chi connectivity index (χ2n) is 8.82. The Kier molecular flexibility index (Phi) is 7.38. The van der Waals surface area contributed by atoms with E-state index >= 15 is 0 Å². The number of fused-ring (bicyclic) bond motifs is 1. The normalized spacial score (nSPS) is 16.0. The number of aliphatic hydroxyl groups excluding tert-OH is 1. The zero-order valence-corrected chi connectivity index (χ0v) is 20.2. The van der Waals surface area contributed by atoms with E-state index in [2.05, 4.69) is 35.1 Å². The third-order valence-electron chi connectivity index (χ3n) is 6.38. The predicted molar refractivity (Wildman–Crippen MR) is 134 cm³/mol. The first-order valence-electron chi connectivity index (χ1n) is 11.7. The molecule has 3 N–H and O–H groups in total. The zero-order valence-electron chi connectivity index (χ0n) is 19.4. The largest absolute Gasteiger partial charge is 0.390 e. The van der Waals surface area contributed by atoms with Crippen molar-refractivity contribution in [2.75, 3.05) is 44.6 Å². The van der Waals surface area contributed by atoms with Crippen molar-refractivity contribution in [3.8, 4) is 0 Å². The molecule has 11 heteroatoms. The second-order valence-corrected chi connectivity index (χ2v) is 9.16. The van der Waals surface area contributed by atoms with Crippen LogP contribution >= 0.6 is 11.6 Å². The molecule has 0 spiro atoms. The number of H-pyrrole nitrogens is 1. The Bertz CT molecular complexity index is 1250. The van der Waals surface area contributed by atoms with Crippen molar-refractivity contribution < 1.29 is 13.9 Å². The van der Waals surface area contributed by atoms with E-state index in [1.165, 1.54) is 30.6 Å². The molecule has 1 atom stereocenters. The number of halogens is 3. The number of nitrogens with zero attached hydrogens (tertiary/aromatic N) is 5. The highest BCUT2D eigenvalue weighted by Crippen LogP contribution is 2.30. The first kappa shape index (κ1) is 24.5. The van der Waals surface area contributed by atoms with Gasteiger partial charge in [0, 0.05) is 39.3 Å². The van der Waals surface area contributed by atoms with Crippen molar-refractivity contribution in [3.63, 3.8) is 0 Å². The summed E-state index contributed by atoms with van der Waals surface area (Å²) in [6, 6.07) is 12.8. The van der Waals surface area contributed by atoms with Crippen LogP contribution in [0.5, 0.6) is 0 Å². The van der Waals surface area contributed by atoms with Crippen LogP contribution in [0.3, 0.4) is 0 Å². The van der Waals surface area contributed by atoms with Crippen LogP contribution in [0, 0.1) is 11.6 Å². The third-order valence-corrected chi connectivity index (χ3v) is 6.54. The summed E-state index contributed by atoms with van der Waals surface area (Å²) in [7, 11) is 0. The van der Waals surface area contributed by atoms with Crippen LogP contribution in [0.1, 0.15) is 17.2 Å². The number of imidazole rings is 1. The summed E-state index contributed by atoms with van der Waals surface area (Å²) in [6.07, 6.45) is 0.885.